The Hall–Kier alpha value is -2.12. The molecule has 0 fully saturated rings. The van der Waals surface area contributed by atoms with Crippen LogP contribution in [0.2, 0.25) is 0 Å². The zero-order valence-electron chi connectivity index (χ0n) is 12.2. The summed E-state index contributed by atoms with van der Waals surface area (Å²) < 4.78 is 4.82. The maximum Gasteiger partial charge on any atom is 0.313 e. The van der Waals surface area contributed by atoms with Crippen LogP contribution in [0.5, 0.6) is 0 Å². The first kappa shape index (κ1) is 16.9. The van der Waals surface area contributed by atoms with E-state index in [-0.39, 0.29) is 19.1 Å². The number of benzene rings is 1. The van der Waals surface area contributed by atoms with Crippen molar-refractivity contribution in [2.45, 2.75) is 12.1 Å². The number of hydrogen-bond acceptors (Lipinski definition) is 4. The molecule has 0 saturated carbocycles. The van der Waals surface area contributed by atoms with Gasteiger partial charge < -0.3 is 25.8 Å². The standard InChI is InChI=1S/C14H21N3O4/c1-17(8-11(18)9-21-2)13(19)12(16-14(15)20)10-6-4-3-5-7-10/h3-7,11-12,18H,8-9H2,1-2H3,(H3,15,16,20). The number of rotatable bonds is 7. The summed E-state index contributed by atoms with van der Waals surface area (Å²) in [7, 11) is 3.01. The fraction of sp³-hybridized carbons (Fsp3) is 0.429. The van der Waals surface area contributed by atoms with Crippen LogP contribution in [0.15, 0.2) is 30.3 Å². The van der Waals surface area contributed by atoms with E-state index < -0.39 is 18.2 Å². The lowest BCUT2D eigenvalue weighted by molar-refractivity contribution is -0.133. The summed E-state index contributed by atoms with van der Waals surface area (Å²) in [5.74, 6) is -0.366. The third kappa shape index (κ3) is 5.41. The Balaban J connectivity index is 2.83. The van der Waals surface area contributed by atoms with Crippen LogP contribution in [0.4, 0.5) is 4.79 Å². The Morgan fingerprint density at radius 1 is 1.38 bits per heavy atom. The number of hydrogen-bond donors (Lipinski definition) is 3. The number of nitrogens with two attached hydrogens (primary N) is 1. The van der Waals surface area contributed by atoms with Crippen molar-refractivity contribution in [3.63, 3.8) is 0 Å². The number of ether oxygens (including phenoxy) is 1. The Labute approximate surface area is 123 Å². The van der Waals surface area contributed by atoms with Crippen molar-refractivity contribution in [1.29, 1.82) is 0 Å². The van der Waals surface area contributed by atoms with Gasteiger partial charge in [-0.25, -0.2) is 4.79 Å². The van der Waals surface area contributed by atoms with Gasteiger partial charge in [0.15, 0.2) is 0 Å². The van der Waals surface area contributed by atoms with Gasteiger partial charge in [0.1, 0.15) is 6.04 Å². The molecule has 0 aliphatic heterocycles. The third-order valence-corrected chi connectivity index (χ3v) is 2.89. The molecule has 1 aromatic carbocycles. The number of nitrogens with zero attached hydrogens (tertiary/aromatic N) is 1. The Morgan fingerprint density at radius 2 is 2.00 bits per heavy atom. The van der Waals surface area contributed by atoms with Gasteiger partial charge in [-0.3, -0.25) is 4.79 Å². The van der Waals surface area contributed by atoms with Crippen LogP contribution in [0.3, 0.4) is 0 Å². The first-order chi connectivity index (χ1) is 9.95. The maximum atomic E-state index is 12.4. The van der Waals surface area contributed by atoms with Gasteiger partial charge in [-0.05, 0) is 5.56 Å². The monoisotopic (exact) mass is 295 g/mol. The molecule has 1 aromatic rings. The molecule has 7 nitrogen and oxygen atoms in total. The molecule has 0 aliphatic rings. The van der Waals surface area contributed by atoms with Crippen LogP contribution < -0.4 is 11.1 Å². The van der Waals surface area contributed by atoms with E-state index in [1.165, 1.54) is 12.0 Å². The van der Waals surface area contributed by atoms with E-state index in [2.05, 4.69) is 5.32 Å². The predicted molar refractivity (Wildman–Crippen MR) is 77.4 cm³/mol. The summed E-state index contributed by atoms with van der Waals surface area (Å²) in [6.45, 7) is 0.216. The summed E-state index contributed by atoms with van der Waals surface area (Å²) in [4.78, 5) is 24.9. The summed E-state index contributed by atoms with van der Waals surface area (Å²) in [6.07, 6.45) is -0.797. The van der Waals surface area contributed by atoms with E-state index in [0.29, 0.717) is 5.56 Å². The zero-order chi connectivity index (χ0) is 15.8. The number of nitrogens with one attached hydrogen (secondary N) is 1. The van der Waals surface area contributed by atoms with Gasteiger partial charge in [0, 0.05) is 20.7 Å². The number of amides is 3. The molecule has 7 heteroatoms. The number of carbonyl (C=O) groups excluding carboxylic acids is 2. The van der Waals surface area contributed by atoms with E-state index in [0.717, 1.165) is 0 Å². The number of urea groups is 1. The number of carbonyl (C=O) groups is 2. The molecule has 0 aromatic heterocycles. The quantitative estimate of drug-likeness (QED) is 0.651. The maximum absolute atomic E-state index is 12.4. The van der Waals surface area contributed by atoms with Crippen molar-refractivity contribution in [3.05, 3.63) is 35.9 Å². The van der Waals surface area contributed by atoms with Gasteiger partial charge in [-0.1, -0.05) is 30.3 Å². The SMILES string of the molecule is COCC(O)CN(C)C(=O)C(NC(N)=O)c1ccccc1. The smallest absolute Gasteiger partial charge is 0.313 e. The van der Waals surface area contributed by atoms with Crippen molar-refractivity contribution >= 4 is 11.9 Å². The first-order valence-corrected chi connectivity index (χ1v) is 6.48. The molecule has 0 heterocycles. The van der Waals surface area contributed by atoms with E-state index in [9.17, 15) is 14.7 Å². The largest absolute Gasteiger partial charge is 0.389 e. The summed E-state index contributed by atoms with van der Waals surface area (Å²) in [6, 6.07) is 7.10. The number of methoxy groups -OCH3 is 1. The molecule has 0 saturated heterocycles. The molecule has 2 atom stereocenters. The first-order valence-electron chi connectivity index (χ1n) is 6.48. The lowest BCUT2D eigenvalue weighted by Gasteiger charge is -2.26. The van der Waals surface area contributed by atoms with Gasteiger partial charge in [-0.15, -0.1) is 0 Å². The Kier molecular flexibility index (Phi) is 6.64. The summed E-state index contributed by atoms with van der Waals surface area (Å²) >= 11 is 0. The summed E-state index contributed by atoms with van der Waals surface area (Å²) in [5.41, 5.74) is 5.75. The minimum atomic E-state index is -0.886. The average molecular weight is 295 g/mol. The molecule has 3 amide bonds. The molecule has 1 rings (SSSR count). The topological polar surface area (TPSA) is 105 Å². The fourth-order valence-electron chi connectivity index (χ4n) is 1.95. The molecule has 116 valence electrons. The van der Waals surface area contributed by atoms with Crippen molar-refractivity contribution in [1.82, 2.24) is 10.2 Å². The normalized spacial score (nSPS) is 13.3. The number of aliphatic hydroxyl groups is 1. The van der Waals surface area contributed by atoms with E-state index >= 15 is 0 Å². The van der Waals surface area contributed by atoms with Crippen LogP contribution >= 0.6 is 0 Å². The second kappa shape index (κ2) is 8.23. The van der Waals surface area contributed by atoms with E-state index in [4.69, 9.17) is 10.5 Å². The fourth-order valence-corrected chi connectivity index (χ4v) is 1.95. The number of aliphatic hydroxyl groups excluding tert-OH is 1. The molecule has 0 radical (unpaired) electrons. The average Bonchev–Trinajstić information content (AvgIpc) is 2.45. The number of likely N-dealkylation sites (N-methyl/N-ethyl adjacent to an activating group) is 1. The second-order valence-corrected chi connectivity index (χ2v) is 4.68. The van der Waals surface area contributed by atoms with Gasteiger partial charge in [0.25, 0.3) is 0 Å². The minimum Gasteiger partial charge on any atom is -0.389 e. The van der Waals surface area contributed by atoms with Crippen LogP contribution in [-0.2, 0) is 9.53 Å². The lowest BCUT2D eigenvalue weighted by Crippen LogP contribution is -2.45. The molecule has 0 bridgehead atoms. The van der Waals surface area contributed by atoms with E-state index in [1.807, 2.05) is 0 Å². The molecule has 4 N–H and O–H groups in total. The van der Waals surface area contributed by atoms with Gasteiger partial charge in [0.05, 0.1) is 12.7 Å². The Bertz CT molecular complexity index is 467. The molecular formula is C14H21N3O4. The Morgan fingerprint density at radius 3 is 2.52 bits per heavy atom. The third-order valence-electron chi connectivity index (χ3n) is 2.89. The highest BCUT2D eigenvalue weighted by Crippen LogP contribution is 2.15. The zero-order valence-corrected chi connectivity index (χ0v) is 12.2. The van der Waals surface area contributed by atoms with Crippen molar-refractivity contribution in [2.75, 3.05) is 27.3 Å². The van der Waals surface area contributed by atoms with Gasteiger partial charge in [0.2, 0.25) is 5.91 Å². The minimum absolute atomic E-state index is 0.0937. The number of primary amides is 1. The van der Waals surface area contributed by atoms with Gasteiger partial charge in [-0.2, -0.15) is 0 Å². The molecule has 2 unspecified atom stereocenters. The van der Waals surface area contributed by atoms with Crippen molar-refractivity contribution in [3.8, 4) is 0 Å². The highest BCUT2D eigenvalue weighted by Gasteiger charge is 2.26. The highest BCUT2D eigenvalue weighted by molar-refractivity contribution is 5.87. The predicted octanol–water partition coefficient (Wildman–Crippen LogP) is -0.138. The van der Waals surface area contributed by atoms with Crippen molar-refractivity contribution in [2.24, 2.45) is 5.73 Å². The molecule has 21 heavy (non-hydrogen) atoms. The van der Waals surface area contributed by atoms with Crippen LogP contribution in [0, 0.1) is 0 Å². The molecule has 0 aliphatic carbocycles. The molecule has 0 spiro atoms. The highest BCUT2D eigenvalue weighted by atomic mass is 16.5. The van der Waals surface area contributed by atoms with E-state index in [1.54, 1.807) is 37.4 Å². The van der Waals surface area contributed by atoms with Gasteiger partial charge >= 0.3 is 6.03 Å². The van der Waals surface area contributed by atoms with Crippen molar-refractivity contribution < 1.29 is 19.4 Å². The molecular weight excluding hydrogens is 274 g/mol. The van der Waals surface area contributed by atoms with Crippen LogP contribution in [0.1, 0.15) is 11.6 Å². The summed E-state index contributed by atoms with van der Waals surface area (Å²) in [5, 5.41) is 12.1. The van der Waals surface area contributed by atoms with Crippen LogP contribution in [0.25, 0.3) is 0 Å². The lowest BCUT2D eigenvalue weighted by atomic mass is 10.1. The second-order valence-electron chi connectivity index (χ2n) is 4.68. The van der Waals surface area contributed by atoms with Crippen LogP contribution in [-0.4, -0.2) is 55.4 Å².